The average Bonchev–Trinajstić information content (AvgIpc) is 2.43. The fourth-order valence-corrected chi connectivity index (χ4v) is 2.14. The molecule has 0 rings (SSSR count). The van der Waals surface area contributed by atoms with Gasteiger partial charge in [0, 0.05) is 0 Å². The van der Waals surface area contributed by atoms with Crippen molar-refractivity contribution in [3.05, 3.63) is 0 Å². The molecule has 4 atom stereocenters. The van der Waals surface area contributed by atoms with Gasteiger partial charge in [-0.3, -0.25) is 0 Å². The van der Waals surface area contributed by atoms with Crippen molar-refractivity contribution in [2.24, 2.45) is 0 Å². The third kappa shape index (κ3) is 22.1. The number of rotatable bonds is 12. The molecule has 0 aliphatic carbocycles. The van der Waals surface area contributed by atoms with E-state index in [-0.39, 0.29) is 24.4 Å². The van der Waals surface area contributed by atoms with Crippen LogP contribution in [0.15, 0.2) is 0 Å². The summed E-state index contributed by atoms with van der Waals surface area (Å²) in [6.07, 6.45) is 8.19. The molecule has 4 nitrogen and oxygen atoms in total. The van der Waals surface area contributed by atoms with Gasteiger partial charge in [0.2, 0.25) is 0 Å². The van der Waals surface area contributed by atoms with E-state index >= 15 is 0 Å². The molecule has 0 amide bonds. The summed E-state index contributed by atoms with van der Waals surface area (Å²) in [5.74, 6) is 0. The van der Waals surface area contributed by atoms with Crippen molar-refractivity contribution < 1.29 is 20.4 Å². The van der Waals surface area contributed by atoms with Gasteiger partial charge in [0.15, 0.2) is 0 Å². The van der Waals surface area contributed by atoms with Gasteiger partial charge in [-0.25, -0.2) is 0 Å². The summed E-state index contributed by atoms with van der Waals surface area (Å²) < 4.78 is 0. The molecule has 0 radical (unpaired) electrons. The molecule has 136 valence electrons. The lowest BCUT2D eigenvalue weighted by molar-refractivity contribution is 0.115. The molecular weight excluding hydrogens is 280 g/mol. The van der Waals surface area contributed by atoms with Gasteiger partial charge >= 0.3 is 0 Å². The van der Waals surface area contributed by atoms with Crippen molar-refractivity contribution >= 4 is 0 Å². The zero-order chi connectivity index (χ0) is 17.4. The zero-order valence-electron chi connectivity index (χ0n) is 15.2. The van der Waals surface area contributed by atoms with Crippen LogP contribution in [0.4, 0.5) is 0 Å². The van der Waals surface area contributed by atoms with E-state index < -0.39 is 0 Å². The van der Waals surface area contributed by atoms with Crippen molar-refractivity contribution in [2.45, 2.75) is 116 Å². The molecule has 0 spiro atoms. The second kappa shape index (κ2) is 17.2. The van der Waals surface area contributed by atoms with Gasteiger partial charge in [0.05, 0.1) is 24.4 Å². The lowest BCUT2D eigenvalue weighted by atomic mass is 10.1. The molecule has 0 aliphatic rings. The summed E-state index contributed by atoms with van der Waals surface area (Å²) in [4.78, 5) is 0. The zero-order valence-corrected chi connectivity index (χ0v) is 15.2. The van der Waals surface area contributed by atoms with Crippen molar-refractivity contribution in [3.8, 4) is 0 Å². The van der Waals surface area contributed by atoms with E-state index in [1.54, 1.807) is 13.8 Å². The highest BCUT2D eigenvalue weighted by Gasteiger charge is 2.04. The van der Waals surface area contributed by atoms with Crippen LogP contribution in [-0.2, 0) is 0 Å². The van der Waals surface area contributed by atoms with Crippen LogP contribution < -0.4 is 0 Å². The van der Waals surface area contributed by atoms with E-state index in [1.807, 2.05) is 0 Å². The average molecular weight is 321 g/mol. The molecular formula is C18H40O4. The van der Waals surface area contributed by atoms with E-state index in [2.05, 4.69) is 13.8 Å². The lowest BCUT2D eigenvalue weighted by Gasteiger charge is -2.10. The third-order valence-electron chi connectivity index (χ3n) is 3.59. The Kier molecular flexibility index (Phi) is 18.8. The fraction of sp³-hybridized carbons (Fsp3) is 1.00. The van der Waals surface area contributed by atoms with Crippen LogP contribution in [0.3, 0.4) is 0 Å². The van der Waals surface area contributed by atoms with E-state index in [9.17, 15) is 10.2 Å². The van der Waals surface area contributed by atoms with E-state index in [0.717, 1.165) is 57.8 Å². The third-order valence-corrected chi connectivity index (χ3v) is 3.59. The van der Waals surface area contributed by atoms with Crippen LogP contribution in [0.5, 0.6) is 0 Å². The standard InChI is InChI=1S/2C9H20O2/c1-3-5-9(11)7-4-6-8(2)10;1-3-4-5-9(11)7-6-8(2)10/h2*8-11H,3-7H2,1-2H3. The first kappa shape index (κ1) is 24.1. The monoisotopic (exact) mass is 320 g/mol. The van der Waals surface area contributed by atoms with Crippen molar-refractivity contribution in [2.75, 3.05) is 0 Å². The SMILES string of the molecule is CCCC(O)CCCC(C)O.CCCCC(O)CCC(C)O. The number of aliphatic hydroxyl groups is 4. The highest BCUT2D eigenvalue weighted by atomic mass is 16.3. The molecule has 4 unspecified atom stereocenters. The van der Waals surface area contributed by atoms with Crippen LogP contribution in [-0.4, -0.2) is 44.8 Å². The first-order valence-corrected chi connectivity index (χ1v) is 9.05. The molecule has 4 heteroatoms. The lowest BCUT2D eigenvalue weighted by Crippen LogP contribution is -2.10. The topological polar surface area (TPSA) is 80.9 Å². The Bertz CT molecular complexity index is 207. The highest BCUT2D eigenvalue weighted by molar-refractivity contribution is 4.58. The molecule has 0 fully saturated rings. The summed E-state index contributed by atoms with van der Waals surface area (Å²) in [5.41, 5.74) is 0. The Morgan fingerprint density at radius 3 is 1.50 bits per heavy atom. The van der Waals surface area contributed by atoms with Crippen LogP contribution in [0, 0.1) is 0 Å². The molecule has 22 heavy (non-hydrogen) atoms. The summed E-state index contributed by atoms with van der Waals surface area (Å²) in [7, 11) is 0. The predicted molar refractivity (Wildman–Crippen MR) is 92.9 cm³/mol. The molecule has 4 N–H and O–H groups in total. The smallest absolute Gasteiger partial charge is 0.0541 e. The van der Waals surface area contributed by atoms with Gasteiger partial charge < -0.3 is 20.4 Å². The number of hydrogen-bond acceptors (Lipinski definition) is 4. The number of hydrogen-bond donors (Lipinski definition) is 4. The second-order valence-electron chi connectivity index (χ2n) is 6.44. The minimum absolute atomic E-state index is 0.154. The summed E-state index contributed by atoms with van der Waals surface area (Å²) in [6.45, 7) is 7.72. The van der Waals surface area contributed by atoms with Crippen molar-refractivity contribution in [1.29, 1.82) is 0 Å². The predicted octanol–water partition coefficient (Wildman–Crippen LogP) is 3.40. The van der Waals surface area contributed by atoms with Gasteiger partial charge in [0.25, 0.3) is 0 Å². The first-order valence-electron chi connectivity index (χ1n) is 9.05. The van der Waals surface area contributed by atoms with Crippen LogP contribution >= 0.6 is 0 Å². The summed E-state index contributed by atoms with van der Waals surface area (Å²) in [5, 5.41) is 36.4. The van der Waals surface area contributed by atoms with Crippen LogP contribution in [0.25, 0.3) is 0 Å². The number of unbranched alkanes of at least 4 members (excludes halogenated alkanes) is 1. The van der Waals surface area contributed by atoms with E-state index in [1.165, 1.54) is 0 Å². The normalized spacial score (nSPS) is 16.4. The largest absolute Gasteiger partial charge is 0.393 e. The summed E-state index contributed by atoms with van der Waals surface area (Å²) >= 11 is 0. The molecule has 0 aromatic carbocycles. The maximum absolute atomic E-state index is 9.32. The number of aliphatic hydroxyl groups excluding tert-OH is 4. The van der Waals surface area contributed by atoms with Crippen molar-refractivity contribution in [3.63, 3.8) is 0 Å². The fourth-order valence-electron chi connectivity index (χ4n) is 2.14. The van der Waals surface area contributed by atoms with Crippen molar-refractivity contribution in [1.82, 2.24) is 0 Å². The Hall–Kier alpha value is -0.160. The Labute approximate surface area is 137 Å². The minimum atomic E-state index is -0.272. The van der Waals surface area contributed by atoms with Gasteiger partial charge in [-0.15, -0.1) is 0 Å². The second-order valence-corrected chi connectivity index (χ2v) is 6.44. The molecule has 0 saturated carbocycles. The molecule has 0 saturated heterocycles. The Morgan fingerprint density at radius 2 is 1.05 bits per heavy atom. The van der Waals surface area contributed by atoms with Gasteiger partial charge in [-0.05, 0) is 58.8 Å². The quantitative estimate of drug-likeness (QED) is 0.444. The maximum Gasteiger partial charge on any atom is 0.0541 e. The van der Waals surface area contributed by atoms with Gasteiger partial charge in [0.1, 0.15) is 0 Å². The van der Waals surface area contributed by atoms with Crippen LogP contribution in [0.2, 0.25) is 0 Å². The Balaban J connectivity index is 0. The van der Waals surface area contributed by atoms with E-state index in [0.29, 0.717) is 6.42 Å². The van der Waals surface area contributed by atoms with Crippen LogP contribution in [0.1, 0.15) is 91.9 Å². The van der Waals surface area contributed by atoms with Gasteiger partial charge in [-0.2, -0.15) is 0 Å². The summed E-state index contributed by atoms with van der Waals surface area (Å²) in [6, 6.07) is 0. The highest BCUT2D eigenvalue weighted by Crippen LogP contribution is 2.08. The molecule has 0 aromatic heterocycles. The van der Waals surface area contributed by atoms with E-state index in [4.69, 9.17) is 10.2 Å². The minimum Gasteiger partial charge on any atom is -0.393 e. The van der Waals surface area contributed by atoms with Gasteiger partial charge in [-0.1, -0.05) is 33.1 Å². The molecule has 0 aliphatic heterocycles. The molecule has 0 heterocycles. The maximum atomic E-state index is 9.32. The Morgan fingerprint density at radius 1 is 0.545 bits per heavy atom. The molecule has 0 bridgehead atoms. The molecule has 0 aromatic rings. The first-order chi connectivity index (χ1) is 10.3.